The molecule has 16 heavy (non-hydrogen) atoms. The molecule has 0 aliphatic rings. The summed E-state index contributed by atoms with van der Waals surface area (Å²) in [5.41, 5.74) is 0. The Bertz CT molecular complexity index is 398. The molecule has 1 aromatic heterocycles. The van der Waals surface area contributed by atoms with Crippen molar-refractivity contribution >= 4 is 10.2 Å². The van der Waals surface area contributed by atoms with Crippen LogP contribution < -0.4 is 0 Å². The molecule has 0 amide bonds. The van der Waals surface area contributed by atoms with Crippen molar-refractivity contribution in [3.05, 3.63) is 12.2 Å². The van der Waals surface area contributed by atoms with Crippen LogP contribution in [0.25, 0.3) is 0 Å². The zero-order chi connectivity index (χ0) is 12.2. The van der Waals surface area contributed by atoms with Crippen LogP contribution in [0.15, 0.2) is 6.33 Å². The molecule has 0 aromatic carbocycles. The van der Waals surface area contributed by atoms with Crippen LogP contribution in [0.5, 0.6) is 0 Å². The molecule has 8 heteroatoms. The second-order valence-electron chi connectivity index (χ2n) is 3.28. The number of H-pyrrole nitrogens is 1. The standard InChI is InChI=1S/C8H17N5O2S/c1-4-13(5-2)16(14,15)12(3)6-8-9-7-10-11-8/h7H,4-6H2,1-3H3,(H,9,10,11). The van der Waals surface area contributed by atoms with E-state index in [0.29, 0.717) is 18.9 Å². The largest absolute Gasteiger partial charge is 0.282 e. The Morgan fingerprint density at radius 2 is 2.00 bits per heavy atom. The molecular formula is C8H17N5O2S. The van der Waals surface area contributed by atoms with E-state index in [1.54, 1.807) is 0 Å². The lowest BCUT2D eigenvalue weighted by Gasteiger charge is -2.24. The fourth-order valence-corrected chi connectivity index (χ4v) is 2.68. The molecule has 0 bridgehead atoms. The smallest absolute Gasteiger partial charge is 0.262 e. The van der Waals surface area contributed by atoms with Gasteiger partial charge in [0.25, 0.3) is 10.2 Å². The first-order chi connectivity index (χ1) is 7.52. The second kappa shape index (κ2) is 5.37. The first-order valence-corrected chi connectivity index (χ1v) is 6.47. The lowest BCUT2D eigenvalue weighted by Crippen LogP contribution is -2.41. The van der Waals surface area contributed by atoms with Gasteiger partial charge in [0.2, 0.25) is 0 Å². The van der Waals surface area contributed by atoms with Gasteiger partial charge >= 0.3 is 0 Å². The third-order valence-electron chi connectivity index (χ3n) is 2.26. The predicted molar refractivity (Wildman–Crippen MR) is 59.7 cm³/mol. The van der Waals surface area contributed by atoms with Crippen LogP contribution in [-0.2, 0) is 16.8 Å². The maximum atomic E-state index is 12.0. The number of rotatable bonds is 6. The third kappa shape index (κ3) is 2.77. The monoisotopic (exact) mass is 247 g/mol. The normalized spacial score (nSPS) is 12.6. The summed E-state index contributed by atoms with van der Waals surface area (Å²) in [7, 11) is -1.87. The van der Waals surface area contributed by atoms with Crippen LogP contribution in [0.4, 0.5) is 0 Å². The summed E-state index contributed by atoms with van der Waals surface area (Å²) in [4.78, 5) is 3.89. The summed E-state index contributed by atoms with van der Waals surface area (Å²) in [5, 5.41) is 6.30. The molecule has 0 saturated heterocycles. The van der Waals surface area contributed by atoms with Crippen molar-refractivity contribution in [1.29, 1.82) is 0 Å². The molecule has 0 unspecified atom stereocenters. The van der Waals surface area contributed by atoms with Crippen molar-refractivity contribution in [1.82, 2.24) is 23.8 Å². The summed E-state index contributed by atoms with van der Waals surface area (Å²) >= 11 is 0. The van der Waals surface area contributed by atoms with Crippen LogP contribution in [0, 0.1) is 0 Å². The van der Waals surface area contributed by atoms with Gasteiger partial charge in [-0.3, -0.25) is 5.10 Å². The first kappa shape index (κ1) is 13.1. The first-order valence-electron chi connectivity index (χ1n) is 5.08. The van der Waals surface area contributed by atoms with Gasteiger partial charge in [0.05, 0.1) is 6.54 Å². The fourth-order valence-electron chi connectivity index (χ4n) is 1.35. The summed E-state index contributed by atoms with van der Waals surface area (Å²) in [6, 6.07) is 0. The molecular weight excluding hydrogens is 230 g/mol. The molecule has 1 rings (SSSR count). The maximum absolute atomic E-state index is 12.0. The van der Waals surface area contributed by atoms with Gasteiger partial charge in [-0.15, -0.1) is 0 Å². The van der Waals surface area contributed by atoms with E-state index >= 15 is 0 Å². The van der Waals surface area contributed by atoms with Crippen molar-refractivity contribution in [2.45, 2.75) is 20.4 Å². The fraction of sp³-hybridized carbons (Fsp3) is 0.750. The minimum absolute atomic E-state index is 0.193. The van der Waals surface area contributed by atoms with Gasteiger partial charge in [-0.1, -0.05) is 13.8 Å². The molecule has 0 atom stereocenters. The van der Waals surface area contributed by atoms with Crippen LogP contribution in [0.3, 0.4) is 0 Å². The highest BCUT2D eigenvalue weighted by Crippen LogP contribution is 2.08. The summed E-state index contributed by atoms with van der Waals surface area (Å²) in [6.45, 7) is 4.73. The molecule has 7 nitrogen and oxygen atoms in total. The van der Waals surface area contributed by atoms with Gasteiger partial charge in [-0.05, 0) is 0 Å². The van der Waals surface area contributed by atoms with E-state index in [0.717, 1.165) is 0 Å². The van der Waals surface area contributed by atoms with Gasteiger partial charge in [0.15, 0.2) is 0 Å². The predicted octanol–water partition coefficient (Wildman–Crippen LogP) is -0.177. The van der Waals surface area contributed by atoms with Gasteiger partial charge < -0.3 is 0 Å². The molecule has 0 aliphatic heterocycles. The SMILES string of the molecule is CCN(CC)S(=O)(=O)N(C)Cc1ncn[nH]1. The maximum Gasteiger partial charge on any atom is 0.282 e. The Kier molecular flexibility index (Phi) is 4.39. The minimum Gasteiger partial charge on any atom is -0.262 e. The van der Waals surface area contributed by atoms with Crippen molar-refractivity contribution < 1.29 is 8.42 Å². The topological polar surface area (TPSA) is 82.2 Å². The molecule has 1 heterocycles. The number of nitrogens with zero attached hydrogens (tertiary/aromatic N) is 4. The Morgan fingerprint density at radius 1 is 1.38 bits per heavy atom. The number of nitrogens with one attached hydrogen (secondary N) is 1. The van der Waals surface area contributed by atoms with Crippen molar-refractivity contribution in [2.24, 2.45) is 0 Å². The third-order valence-corrected chi connectivity index (χ3v) is 4.35. The number of hydrogen-bond donors (Lipinski definition) is 1. The van der Waals surface area contributed by atoms with E-state index in [4.69, 9.17) is 0 Å². The number of aromatic nitrogens is 3. The highest BCUT2D eigenvalue weighted by Gasteiger charge is 2.24. The molecule has 0 aliphatic carbocycles. The lowest BCUT2D eigenvalue weighted by molar-refractivity contribution is 0.371. The van der Waals surface area contributed by atoms with Gasteiger partial charge in [0, 0.05) is 20.1 Å². The van der Waals surface area contributed by atoms with Crippen molar-refractivity contribution in [3.63, 3.8) is 0 Å². The van der Waals surface area contributed by atoms with E-state index < -0.39 is 10.2 Å². The quantitative estimate of drug-likeness (QED) is 0.756. The van der Waals surface area contributed by atoms with E-state index in [9.17, 15) is 8.42 Å². The molecule has 0 fully saturated rings. The summed E-state index contributed by atoms with van der Waals surface area (Å²) < 4.78 is 26.7. The zero-order valence-corrected chi connectivity index (χ0v) is 10.5. The molecule has 1 aromatic rings. The summed E-state index contributed by atoms with van der Waals surface area (Å²) in [5.74, 6) is 0.526. The average Bonchev–Trinajstić information content (AvgIpc) is 2.71. The molecule has 0 spiro atoms. The Morgan fingerprint density at radius 3 is 2.44 bits per heavy atom. The van der Waals surface area contributed by atoms with Crippen LogP contribution in [-0.4, -0.2) is 52.3 Å². The highest BCUT2D eigenvalue weighted by atomic mass is 32.2. The van der Waals surface area contributed by atoms with E-state index in [1.165, 1.54) is 22.0 Å². The van der Waals surface area contributed by atoms with E-state index in [-0.39, 0.29) is 6.54 Å². The number of hydrogen-bond acceptors (Lipinski definition) is 4. The average molecular weight is 247 g/mol. The second-order valence-corrected chi connectivity index (χ2v) is 5.32. The molecule has 0 radical (unpaired) electrons. The zero-order valence-electron chi connectivity index (χ0n) is 9.71. The van der Waals surface area contributed by atoms with E-state index in [2.05, 4.69) is 15.2 Å². The van der Waals surface area contributed by atoms with Crippen LogP contribution in [0.2, 0.25) is 0 Å². The molecule has 92 valence electrons. The Hall–Kier alpha value is -0.990. The highest BCUT2D eigenvalue weighted by molar-refractivity contribution is 7.86. The van der Waals surface area contributed by atoms with Crippen molar-refractivity contribution in [3.8, 4) is 0 Å². The van der Waals surface area contributed by atoms with Crippen LogP contribution >= 0.6 is 0 Å². The summed E-state index contributed by atoms with van der Waals surface area (Å²) in [6.07, 6.45) is 1.35. The Labute approximate surface area is 95.7 Å². The number of aromatic amines is 1. The molecule has 1 N–H and O–H groups in total. The minimum atomic E-state index is -3.40. The van der Waals surface area contributed by atoms with Gasteiger partial charge in [-0.2, -0.15) is 22.1 Å². The van der Waals surface area contributed by atoms with Crippen LogP contribution in [0.1, 0.15) is 19.7 Å². The van der Waals surface area contributed by atoms with E-state index in [1.807, 2.05) is 13.8 Å². The van der Waals surface area contributed by atoms with Gasteiger partial charge in [-0.25, -0.2) is 4.98 Å². The Balaban J connectivity index is 2.76. The molecule has 0 saturated carbocycles. The van der Waals surface area contributed by atoms with Gasteiger partial charge in [0.1, 0.15) is 12.2 Å². The lowest BCUT2D eigenvalue weighted by atomic mass is 10.6. The van der Waals surface area contributed by atoms with Crippen molar-refractivity contribution in [2.75, 3.05) is 20.1 Å².